The number of nitrogens with zero attached hydrogens (tertiary/aromatic N) is 1. The maximum Gasteiger partial charge on any atom is 0.0396 e. The fraction of sp³-hybridized carbons (Fsp3) is 0.625. The predicted molar refractivity (Wildman–Crippen MR) is 79.2 cm³/mol. The number of hydrogen-bond donors (Lipinski definition) is 1. The van der Waals surface area contributed by atoms with Crippen molar-refractivity contribution >= 4 is 5.69 Å². The van der Waals surface area contributed by atoms with Crippen LogP contribution in [0.2, 0.25) is 0 Å². The third-order valence-electron chi connectivity index (χ3n) is 4.02. The number of anilines is 1. The van der Waals surface area contributed by atoms with E-state index in [1.807, 2.05) is 0 Å². The summed E-state index contributed by atoms with van der Waals surface area (Å²) in [5.41, 5.74) is 9.80. The van der Waals surface area contributed by atoms with Crippen LogP contribution in [0.4, 0.5) is 5.69 Å². The molecule has 0 aliphatic carbocycles. The van der Waals surface area contributed by atoms with Crippen LogP contribution in [0, 0.1) is 12.8 Å². The molecular weight excluding hydrogens is 220 g/mol. The van der Waals surface area contributed by atoms with Crippen LogP contribution in [0.15, 0.2) is 18.2 Å². The van der Waals surface area contributed by atoms with E-state index in [-0.39, 0.29) is 0 Å². The van der Waals surface area contributed by atoms with Crippen LogP contribution in [0.1, 0.15) is 37.3 Å². The van der Waals surface area contributed by atoms with Gasteiger partial charge in [0.25, 0.3) is 0 Å². The standard InChI is InChI=1S/C16H26N2/c1-3-4-15-8-10-18(12-15)16-6-5-14(7-9-17)11-13(16)2/h5-6,11,15H,3-4,7-10,12,17H2,1-2H3. The number of aryl methyl sites for hydroxylation is 1. The first kappa shape index (κ1) is 13.4. The van der Waals surface area contributed by atoms with Crippen molar-refractivity contribution in [2.24, 2.45) is 11.7 Å². The van der Waals surface area contributed by atoms with Crippen molar-refractivity contribution in [3.05, 3.63) is 29.3 Å². The van der Waals surface area contributed by atoms with Crippen molar-refractivity contribution in [3.63, 3.8) is 0 Å². The summed E-state index contributed by atoms with van der Waals surface area (Å²) in [6.45, 7) is 7.71. The largest absolute Gasteiger partial charge is 0.371 e. The third kappa shape index (κ3) is 3.05. The number of rotatable bonds is 5. The van der Waals surface area contributed by atoms with Crippen molar-refractivity contribution in [2.75, 3.05) is 24.5 Å². The minimum absolute atomic E-state index is 0.737. The summed E-state index contributed by atoms with van der Waals surface area (Å²) in [6.07, 6.45) is 5.03. The second kappa shape index (κ2) is 6.24. The van der Waals surface area contributed by atoms with Crippen LogP contribution in [-0.4, -0.2) is 19.6 Å². The zero-order chi connectivity index (χ0) is 13.0. The normalized spacial score (nSPS) is 19.5. The molecule has 1 atom stereocenters. The Morgan fingerprint density at radius 3 is 2.89 bits per heavy atom. The Hall–Kier alpha value is -1.02. The van der Waals surface area contributed by atoms with Gasteiger partial charge in [-0.25, -0.2) is 0 Å². The molecule has 1 aliphatic rings. The van der Waals surface area contributed by atoms with Gasteiger partial charge in [-0.1, -0.05) is 25.5 Å². The van der Waals surface area contributed by atoms with E-state index in [0.717, 1.165) is 18.9 Å². The highest BCUT2D eigenvalue weighted by molar-refractivity contribution is 5.55. The molecule has 0 aromatic heterocycles. The first-order valence-corrected chi connectivity index (χ1v) is 7.29. The molecule has 2 rings (SSSR count). The van der Waals surface area contributed by atoms with Crippen LogP contribution in [0.5, 0.6) is 0 Å². The van der Waals surface area contributed by atoms with Gasteiger partial charge < -0.3 is 10.6 Å². The Bertz CT molecular complexity index is 387. The van der Waals surface area contributed by atoms with Gasteiger partial charge in [0, 0.05) is 18.8 Å². The van der Waals surface area contributed by atoms with Gasteiger partial charge in [-0.05, 0) is 55.8 Å². The summed E-state index contributed by atoms with van der Waals surface area (Å²) in [5.74, 6) is 0.901. The predicted octanol–water partition coefficient (Wildman–Crippen LogP) is 3.12. The molecule has 2 nitrogen and oxygen atoms in total. The molecule has 1 aromatic rings. The molecule has 1 heterocycles. The van der Waals surface area contributed by atoms with Crippen LogP contribution in [-0.2, 0) is 6.42 Å². The monoisotopic (exact) mass is 246 g/mol. The Morgan fingerprint density at radius 2 is 2.22 bits per heavy atom. The lowest BCUT2D eigenvalue weighted by Gasteiger charge is -2.21. The SMILES string of the molecule is CCCC1CCN(c2ccc(CCN)cc2C)C1. The minimum atomic E-state index is 0.737. The lowest BCUT2D eigenvalue weighted by Crippen LogP contribution is -2.20. The van der Waals surface area contributed by atoms with Crippen molar-refractivity contribution in [2.45, 2.75) is 39.5 Å². The highest BCUT2D eigenvalue weighted by atomic mass is 15.2. The molecule has 0 amide bonds. The summed E-state index contributed by atoms with van der Waals surface area (Å²) in [5, 5.41) is 0. The molecule has 0 saturated carbocycles. The van der Waals surface area contributed by atoms with Crippen molar-refractivity contribution in [1.29, 1.82) is 0 Å². The quantitative estimate of drug-likeness (QED) is 0.865. The number of benzene rings is 1. The van der Waals surface area contributed by atoms with Crippen LogP contribution in [0.25, 0.3) is 0 Å². The van der Waals surface area contributed by atoms with Gasteiger partial charge in [0.05, 0.1) is 0 Å². The van der Waals surface area contributed by atoms with E-state index in [0.29, 0.717) is 0 Å². The first-order valence-electron chi connectivity index (χ1n) is 7.29. The molecule has 2 heteroatoms. The van der Waals surface area contributed by atoms with E-state index < -0.39 is 0 Å². The molecule has 1 aliphatic heterocycles. The molecule has 2 N–H and O–H groups in total. The van der Waals surface area contributed by atoms with Crippen LogP contribution in [0.3, 0.4) is 0 Å². The Balaban J connectivity index is 2.05. The average Bonchev–Trinajstić information content (AvgIpc) is 2.78. The van der Waals surface area contributed by atoms with Gasteiger partial charge in [0.15, 0.2) is 0 Å². The van der Waals surface area contributed by atoms with E-state index in [1.165, 1.54) is 49.2 Å². The van der Waals surface area contributed by atoms with Gasteiger partial charge >= 0.3 is 0 Å². The maximum absolute atomic E-state index is 5.61. The highest BCUT2D eigenvalue weighted by Crippen LogP contribution is 2.29. The van der Waals surface area contributed by atoms with Crippen LogP contribution >= 0.6 is 0 Å². The van der Waals surface area contributed by atoms with Crippen molar-refractivity contribution in [3.8, 4) is 0 Å². The lowest BCUT2D eigenvalue weighted by molar-refractivity contribution is 0.530. The van der Waals surface area contributed by atoms with Gasteiger partial charge in [0.1, 0.15) is 0 Å². The zero-order valence-electron chi connectivity index (χ0n) is 11.8. The van der Waals surface area contributed by atoms with Gasteiger partial charge in [-0.15, -0.1) is 0 Å². The van der Waals surface area contributed by atoms with E-state index >= 15 is 0 Å². The number of hydrogen-bond acceptors (Lipinski definition) is 2. The second-order valence-corrected chi connectivity index (χ2v) is 5.55. The molecule has 1 fully saturated rings. The molecule has 0 bridgehead atoms. The van der Waals surface area contributed by atoms with E-state index in [4.69, 9.17) is 5.73 Å². The lowest BCUT2D eigenvalue weighted by atomic mass is 10.0. The fourth-order valence-electron chi connectivity index (χ4n) is 3.09. The summed E-state index contributed by atoms with van der Waals surface area (Å²) < 4.78 is 0. The second-order valence-electron chi connectivity index (χ2n) is 5.55. The first-order chi connectivity index (χ1) is 8.74. The summed E-state index contributed by atoms with van der Waals surface area (Å²) in [4.78, 5) is 2.56. The smallest absolute Gasteiger partial charge is 0.0396 e. The summed E-state index contributed by atoms with van der Waals surface area (Å²) in [6, 6.07) is 6.83. The molecule has 1 saturated heterocycles. The molecule has 1 unspecified atom stereocenters. The van der Waals surface area contributed by atoms with Crippen molar-refractivity contribution in [1.82, 2.24) is 0 Å². The van der Waals surface area contributed by atoms with Crippen molar-refractivity contribution < 1.29 is 0 Å². The molecule has 1 aromatic carbocycles. The molecule has 18 heavy (non-hydrogen) atoms. The number of nitrogens with two attached hydrogens (primary N) is 1. The van der Waals surface area contributed by atoms with E-state index in [2.05, 4.69) is 36.9 Å². The fourth-order valence-corrected chi connectivity index (χ4v) is 3.09. The average molecular weight is 246 g/mol. The van der Waals surface area contributed by atoms with Gasteiger partial charge in [-0.2, -0.15) is 0 Å². The third-order valence-corrected chi connectivity index (χ3v) is 4.02. The van der Waals surface area contributed by atoms with E-state index in [1.54, 1.807) is 0 Å². The highest BCUT2D eigenvalue weighted by Gasteiger charge is 2.22. The molecule has 100 valence electrons. The zero-order valence-corrected chi connectivity index (χ0v) is 11.8. The minimum Gasteiger partial charge on any atom is -0.371 e. The van der Waals surface area contributed by atoms with Gasteiger partial charge in [0.2, 0.25) is 0 Å². The Kier molecular flexibility index (Phi) is 4.65. The maximum atomic E-state index is 5.61. The summed E-state index contributed by atoms with van der Waals surface area (Å²) >= 11 is 0. The van der Waals surface area contributed by atoms with Gasteiger partial charge in [-0.3, -0.25) is 0 Å². The molecule has 0 radical (unpaired) electrons. The topological polar surface area (TPSA) is 29.3 Å². The molecular formula is C16H26N2. The summed E-state index contributed by atoms with van der Waals surface area (Å²) in [7, 11) is 0. The van der Waals surface area contributed by atoms with E-state index in [9.17, 15) is 0 Å². The van der Waals surface area contributed by atoms with Crippen LogP contribution < -0.4 is 10.6 Å². The Morgan fingerprint density at radius 1 is 1.39 bits per heavy atom. The molecule has 0 spiro atoms. The Labute approximate surface area is 111 Å².